The Hall–Kier alpha value is -0.970. The third-order valence-corrected chi connectivity index (χ3v) is 2.81. The Bertz CT molecular complexity index is 436. The van der Waals surface area contributed by atoms with Crippen molar-refractivity contribution in [2.24, 2.45) is 0 Å². The fourth-order valence-electron chi connectivity index (χ4n) is 1.53. The van der Waals surface area contributed by atoms with Crippen LogP contribution in [0.3, 0.4) is 0 Å². The lowest BCUT2D eigenvalue weighted by Gasteiger charge is -2.05. The quantitative estimate of drug-likeness (QED) is 0.584. The number of aromatic nitrogens is 2. The number of H-pyrrole nitrogens is 1. The molecule has 0 amide bonds. The van der Waals surface area contributed by atoms with Gasteiger partial charge in [-0.3, -0.25) is 9.78 Å². The summed E-state index contributed by atoms with van der Waals surface area (Å²) in [6.45, 7) is 2.37. The van der Waals surface area contributed by atoms with Gasteiger partial charge >= 0.3 is 5.69 Å². The Morgan fingerprint density at radius 3 is 2.62 bits per heavy atom. The van der Waals surface area contributed by atoms with Crippen LogP contribution in [0.15, 0.2) is 15.8 Å². The Morgan fingerprint density at radius 2 is 1.94 bits per heavy atom. The van der Waals surface area contributed by atoms with Crippen LogP contribution in [0.2, 0.25) is 0 Å². The van der Waals surface area contributed by atoms with Crippen LogP contribution in [0.4, 0.5) is 0 Å². The second-order valence-electron chi connectivity index (χ2n) is 3.90. The molecule has 90 valence electrons. The number of rotatable bonds is 6. The van der Waals surface area contributed by atoms with E-state index in [9.17, 15) is 9.59 Å². The largest absolute Gasteiger partial charge is 0.328 e. The summed E-state index contributed by atoms with van der Waals surface area (Å²) in [5.41, 5.74) is -0.0314. The number of hydrogen-bond donors (Lipinski definition) is 2. The predicted molar refractivity (Wildman–Crippen MR) is 68.4 cm³/mol. The van der Waals surface area contributed by atoms with Crippen molar-refractivity contribution >= 4 is 12.6 Å². The van der Waals surface area contributed by atoms with E-state index < -0.39 is 0 Å². The topological polar surface area (TPSA) is 54.9 Å². The molecule has 0 spiro atoms. The molecule has 0 aliphatic carbocycles. The molecule has 0 atom stereocenters. The normalized spacial score (nSPS) is 10.6. The Morgan fingerprint density at radius 1 is 1.25 bits per heavy atom. The van der Waals surface area contributed by atoms with Gasteiger partial charge in [0.05, 0.1) is 0 Å². The van der Waals surface area contributed by atoms with E-state index in [4.69, 9.17) is 0 Å². The lowest BCUT2D eigenvalue weighted by molar-refractivity contribution is 0.559. The first-order valence-corrected chi connectivity index (χ1v) is 6.19. The fourth-order valence-corrected chi connectivity index (χ4v) is 1.76. The van der Waals surface area contributed by atoms with Crippen LogP contribution in [-0.4, -0.2) is 15.3 Å². The number of unbranched alkanes of at least 4 members (excludes halogenated alkanes) is 3. The van der Waals surface area contributed by atoms with E-state index in [1.807, 2.05) is 0 Å². The molecule has 1 N–H and O–H groups in total. The lowest BCUT2D eigenvalue weighted by Crippen LogP contribution is -2.30. The van der Waals surface area contributed by atoms with Crippen molar-refractivity contribution in [3.8, 4) is 0 Å². The molecule has 0 aromatic carbocycles. The summed E-state index contributed by atoms with van der Waals surface area (Å²) >= 11 is 4.14. The van der Waals surface area contributed by atoms with Crippen molar-refractivity contribution in [3.05, 3.63) is 32.6 Å². The molecule has 0 unspecified atom stereocenters. The molecule has 0 fully saturated rings. The highest BCUT2D eigenvalue weighted by atomic mass is 32.1. The molecule has 4 nitrogen and oxygen atoms in total. The SMILES string of the molecule is Cc1cn(CCCCCCS)c(=O)[nH]c1=O. The highest BCUT2D eigenvalue weighted by Crippen LogP contribution is 2.02. The maximum atomic E-state index is 11.4. The van der Waals surface area contributed by atoms with Crippen molar-refractivity contribution in [3.63, 3.8) is 0 Å². The van der Waals surface area contributed by atoms with E-state index in [-0.39, 0.29) is 11.2 Å². The minimum absolute atomic E-state index is 0.295. The van der Waals surface area contributed by atoms with Gasteiger partial charge in [0.1, 0.15) is 0 Å². The van der Waals surface area contributed by atoms with E-state index in [1.54, 1.807) is 17.7 Å². The molecule has 0 saturated heterocycles. The summed E-state index contributed by atoms with van der Waals surface area (Å²) in [6.07, 6.45) is 5.92. The molecule has 0 radical (unpaired) electrons. The van der Waals surface area contributed by atoms with E-state index in [2.05, 4.69) is 17.6 Å². The van der Waals surface area contributed by atoms with Crippen LogP contribution < -0.4 is 11.2 Å². The smallest absolute Gasteiger partial charge is 0.300 e. The number of thiol groups is 1. The van der Waals surface area contributed by atoms with Gasteiger partial charge in [-0.15, -0.1) is 0 Å². The zero-order valence-corrected chi connectivity index (χ0v) is 10.4. The first kappa shape index (κ1) is 13.1. The second kappa shape index (κ2) is 6.58. The van der Waals surface area contributed by atoms with Crippen LogP contribution in [0.1, 0.15) is 31.2 Å². The van der Waals surface area contributed by atoms with Crippen LogP contribution in [0.25, 0.3) is 0 Å². The Labute approximate surface area is 100 Å². The lowest BCUT2D eigenvalue weighted by atomic mass is 10.2. The fraction of sp³-hybridized carbons (Fsp3) is 0.636. The van der Waals surface area contributed by atoms with Gasteiger partial charge in [-0.05, 0) is 25.5 Å². The first-order valence-electron chi connectivity index (χ1n) is 5.56. The number of nitrogens with zero attached hydrogens (tertiary/aromatic N) is 1. The molecule has 1 rings (SSSR count). The van der Waals surface area contributed by atoms with E-state index in [0.29, 0.717) is 12.1 Å². The number of hydrogen-bond acceptors (Lipinski definition) is 3. The van der Waals surface area contributed by atoms with Gasteiger partial charge in [0.15, 0.2) is 0 Å². The minimum atomic E-state index is -0.315. The van der Waals surface area contributed by atoms with Crippen molar-refractivity contribution in [1.29, 1.82) is 0 Å². The standard InChI is InChI=1S/C11H18N2O2S/c1-9-8-13(11(15)12-10(9)14)6-4-2-3-5-7-16/h8,16H,2-7H2,1H3,(H,12,14,15). The van der Waals surface area contributed by atoms with E-state index >= 15 is 0 Å². The van der Waals surface area contributed by atoms with E-state index in [0.717, 1.165) is 31.4 Å². The van der Waals surface area contributed by atoms with Gasteiger partial charge < -0.3 is 4.57 Å². The van der Waals surface area contributed by atoms with Gasteiger partial charge in [0.25, 0.3) is 5.56 Å². The van der Waals surface area contributed by atoms with Crippen molar-refractivity contribution in [2.75, 3.05) is 5.75 Å². The molecule has 5 heteroatoms. The third-order valence-electron chi connectivity index (χ3n) is 2.50. The van der Waals surface area contributed by atoms with Crippen LogP contribution in [0.5, 0.6) is 0 Å². The summed E-state index contributed by atoms with van der Waals surface area (Å²) in [4.78, 5) is 24.8. The molecular formula is C11H18N2O2S. The number of aromatic amines is 1. The Balaban J connectivity index is 2.51. The third kappa shape index (κ3) is 3.89. The molecule has 0 saturated carbocycles. The van der Waals surface area contributed by atoms with Crippen molar-refractivity contribution in [2.45, 2.75) is 39.2 Å². The second-order valence-corrected chi connectivity index (χ2v) is 4.35. The Kier molecular flexibility index (Phi) is 5.38. The highest BCUT2D eigenvalue weighted by Gasteiger charge is 1.99. The first-order chi connectivity index (χ1) is 7.65. The average Bonchev–Trinajstić information content (AvgIpc) is 2.25. The number of nitrogens with one attached hydrogen (secondary N) is 1. The minimum Gasteiger partial charge on any atom is -0.300 e. The van der Waals surface area contributed by atoms with Crippen molar-refractivity contribution in [1.82, 2.24) is 9.55 Å². The summed E-state index contributed by atoms with van der Waals surface area (Å²) in [7, 11) is 0. The molecular weight excluding hydrogens is 224 g/mol. The molecule has 0 aliphatic rings. The molecule has 1 heterocycles. The molecule has 16 heavy (non-hydrogen) atoms. The molecule has 0 aliphatic heterocycles. The summed E-state index contributed by atoms with van der Waals surface area (Å²) < 4.78 is 1.57. The average molecular weight is 242 g/mol. The predicted octanol–water partition coefficient (Wildman–Crippen LogP) is 1.34. The zero-order valence-electron chi connectivity index (χ0n) is 9.53. The van der Waals surface area contributed by atoms with Crippen molar-refractivity contribution < 1.29 is 0 Å². The summed E-state index contributed by atoms with van der Waals surface area (Å²) in [5.74, 6) is 0.914. The summed E-state index contributed by atoms with van der Waals surface area (Å²) in [5, 5.41) is 0. The molecule has 0 bridgehead atoms. The maximum Gasteiger partial charge on any atom is 0.328 e. The van der Waals surface area contributed by atoms with Crippen LogP contribution in [-0.2, 0) is 6.54 Å². The van der Waals surface area contributed by atoms with Crippen LogP contribution in [0, 0.1) is 6.92 Å². The van der Waals surface area contributed by atoms with Gasteiger partial charge in [-0.1, -0.05) is 12.8 Å². The van der Waals surface area contributed by atoms with Crippen LogP contribution >= 0.6 is 12.6 Å². The number of aryl methyl sites for hydroxylation is 2. The monoisotopic (exact) mass is 242 g/mol. The highest BCUT2D eigenvalue weighted by molar-refractivity contribution is 7.80. The van der Waals surface area contributed by atoms with Gasteiger partial charge in [-0.25, -0.2) is 4.79 Å². The summed E-state index contributed by atoms with van der Waals surface area (Å²) in [6, 6.07) is 0. The zero-order chi connectivity index (χ0) is 12.0. The van der Waals surface area contributed by atoms with Gasteiger partial charge in [-0.2, -0.15) is 12.6 Å². The molecule has 1 aromatic heterocycles. The molecule has 1 aromatic rings. The maximum absolute atomic E-state index is 11.4. The van der Waals surface area contributed by atoms with E-state index in [1.165, 1.54) is 0 Å². The van der Waals surface area contributed by atoms with Gasteiger partial charge in [0.2, 0.25) is 0 Å². The van der Waals surface area contributed by atoms with Gasteiger partial charge in [0, 0.05) is 18.3 Å².